The highest BCUT2D eigenvalue weighted by Gasteiger charge is 2.07. The number of aromatic nitrogens is 1. The Bertz CT molecular complexity index is 833. The summed E-state index contributed by atoms with van der Waals surface area (Å²) in [6.07, 6.45) is 1.79. The van der Waals surface area contributed by atoms with Crippen LogP contribution in [0.1, 0.15) is 5.56 Å². The third kappa shape index (κ3) is 3.04. The molecule has 3 N–H and O–H groups in total. The van der Waals surface area contributed by atoms with Crippen LogP contribution in [0.25, 0.3) is 10.9 Å². The number of benzene rings is 2. The lowest BCUT2D eigenvalue weighted by Gasteiger charge is -2.12. The quantitative estimate of drug-likeness (QED) is 0.683. The SMILES string of the molecule is NC(=S)c1cc(Br)ccc1Nc1ccc2ncccc2c1. The maximum absolute atomic E-state index is 5.79. The Hall–Kier alpha value is -1.98. The van der Waals surface area contributed by atoms with E-state index in [-0.39, 0.29) is 0 Å². The summed E-state index contributed by atoms with van der Waals surface area (Å²) >= 11 is 8.54. The molecule has 3 nitrogen and oxygen atoms in total. The van der Waals surface area contributed by atoms with Crippen LogP contribution in [0.2, 0.25) is 0 Å². The van der Waals surface area contributed by atoms with Crippen LogP contribution in [0.4, 0.5) is 11.4 Å². The minimum atomic E-state index is 0.362. The fourth-order valence-electron chi connectivity index (χ4n) is 2.14. The zero-order valence-corrected chi connectivity index (χ0v) is 13.4. The van der Waals surface area contributed by atoms with Gasteiger partial charge in [0.15, 0.2) is 0 Å². The van der Waals surface area contributed by atoms with E-state index in [2.05, 4.69) is 26.2 Å². The van der Waals surface area contributed by atoms with Gasteiger partial charge in [-0.05, 0) is 42.5 Å². The molecule has 21 heavy (non-hydrogen) atoms. The van der Waals surface area contributed by atoms with E-state index in [1.807, 2.05) is 48.5 Å². The van der Waals surface area contributed by atoms with Crippen molar-refractivity contribution in [3.8, 4) is 0 Å². The Balaban J connectivity index is 2.00. The van der Waals surface area contributed by atoms with Gasteiger partial charge < -0.3 is 11.1 Å². The lowest BCUT2D eigenvalue weighted by molar-refractivity contribution is 1.41. The Morgan fingerprint density at radius 2 is 2.00 bits per heavy atom. The van der Waals surface area contributed by atoms with E-state index in [0.717, 1.165) is 32.3 Å². The molecule has 0 atom stereocenters. The second-order valence-electron chi connectivity index (χ2n) is 4.59. The van der Waals surface area contributed by atoms with Gasteiger partial charge >= 0.3 is 0 Å². The average Bonchev–Trinajstić information content (AvgIpc) is 2.49. The van der Waals surface area contributed by atoms with E-state index < -0.39 is 0 Å². The number of nitrogens with zero attached hydrogens (tertiary/aromatic N) is 1. The van der Waals surface area contributed by atoms with Gasteiger partial charge in [0.2, 0.25) is 0 Å². The highest BCUT2D eigenvalue weighted by molar-refractivity contribution is 9.10. The highest BCUT2D eigenvalue weighted by atomic mass is 79.9. The summed E-state index contributed by atoms with van der Waals surface area (Å²) in [6, 6.07) is 15.8. The first-order chi connectivity index (χ1) is 10.1. The van der Waals surface area contributed by atoms with Gasteiger partial charge in [-0.25, -0.2) is 0 Å². The van der Waals surface area contributed by atoms with Crippen LogP contribution in [-0.4, -0.2) is 9.97 Å². The number of hydrogen-bond acceptors (Lipinski definition) is 3. The van der Waals surface area contributed by atoms with E-state index in [1.54, 1.807) is 6.20 Å². The summed E-state index contributed by atoms with van der Waals surface area (Å²) in [5.41, 5.74) is 9.42. The van der Waals surface area contributed by atoms with Crippen molar-refractivity contribution < 1.29 is 0 Å². The van der Waals surface area contributed by atoms with Crippen LogP contribution in [-0.2, 0) is 0 Å². The first kappa shape index (κ1) is 14.0. The van der Waals surface area contributed by atoms with Gasteiger partial charge in [-0.3, -0.25) is 4.98 Å². The maximum Gasteiger partial charge on any atom is 0.106 e. The number of hydrogen-bond donors (Lipinski definition) is 2. The highest BCUT2D eigenvalue weighted by Crippen LogP contribution is 2.26. The summed E-state index contributed by atoms with van der Waals surface area (Å²) in [5, 5.41) is 4.44. The molecule has 0 spiro atoms. The van der Waals surface area contributed by atoms with Crippen LogP contribution >= 0.6 is 28.1 Å². The number of nitrogens with one attached hydrogen (secondary N) is 1. The Morgan fingerprint density at radius 3 is 2.81 bits per heavy atom. The lowest BCUT2D eigenvalue weighted by atomic mass is 10.1. The Morgan fingerprint density at radius 1 is 1.14 bits per heavy atom. The van der Waals surface area contributed by atoms with Crippen molar-refractivity contribution in [2.24, 2.45) is 5.73 Å². The molecule has 0 unspecified atom stereocenters. The van der Waals surface area contributed by atoms with Gasteiger partial charge in [0, 0.05) is 33.0 Å². The number of fused-ring (bicyclic) bond motifs is 1. The molecule has 3 rings (SSSR count). The molecule has 0 fully saturated rings. The van der Waals surface area contributed by atoms with Gasteiger partial charge in [-0.2, -0.15) is 0 Å². The zero-order valence-electron chi connectivity index (χ0n) is 11.0. The number of rotatable bonds is 3. The van der Waals surface area contributed by atoms with Gasteiger partial charge in [-0.15, -0.1) is 0 Å². The third-order valence-electron chi connectivity index (χ3n) is 3.13. The minimum absolute atomic E-state index is 0.362. The van der Waals surface area contributed by atoms with E-state index in [1.165, 1.54) is 0 Å². The molecular weight excluding hydrogens is 346 g/mol. The molecule has 5 heteroatoms. The van der Waals surface area contributed by atoms with Crippen molar-refractivity contribution >= 4 is 55.4 Å². The largest absolute Gasteiger partial charge is 0.389 e. The Labute approximate surface area is 136 Å². The van der Waals surface area contributed by atoms with Crippen LogP contribution in [0.15, 0.2) is 59.2 Å². The fourth-order valence-corrected chi connectivity index (χ4v) is 2.67. The number of pyridine rings is 1. The molecule has 0 bridgehead atoms. The monoisotopic (exact) mass is 357 g/mol. The molecule has 1 aromatic heterocycles. The van der Waals surface area contributed by atoms with Crippen LogP contribution in [0.3, 0.4) is 0 Å². The Kier molecular flexibility index (Phi) is 3.86. The van der Waals surface area contributed by atoms with Gasteiger partial charge in [0.1, 0.15) is 4.99 Å². The molecule has 0 aliphatic rings. The second kappa shape index (κ2) is 5.79. The van der Waals surface area contributed by atoms with Crippen molar-refractivity contribution in [3.05, 3.63) is 64.8 Å². The smallest absolute Gasteiger partial charge is 0.106 e. The predicted molar refractivity (Wildman–Crippen MR) is 95.1 cm³/mol. The van der Waals surface area contributed by atoms with Crippen molar-refractivity contribution in [1.29, 1.82) is 0 Å². The number of thiocarbonyl (C=S) groups is 1. The van der Waals surface area contributed by atoms with E-state index >= 15 is 0 Å². The predicted octanol–water partition coefficient (Wildman–Crippen LogP) is 4.38. The van der Waals surface area contributed by atoms with Crippen LogP contribution in [0, 0.1) is 0 Å². The molecule has 104 valence electrons. The van der Waals surface area contributed by atoms with Crippen molar-refractivity contribution in [1.82, 2.24) is 4.98 Å². The van der Waals surface area contributed by atoms with Crippen molar-refractivity contribution in [2.45, 2.75) is 0 Å². The standard InChI is InChI=1S/C16H12BrN3S/c17-11-3-5-15(13(9-11)16(18)21)20-12-4-6-14-10(8-12)2-1-7-19-14/h1-9,20H,(H2,18,21). The second-order valence-corrected chi connectivity index (χ2v) is 5.95. The molecule has 0 amide bonds. The maximum atomic E-state index is 5.79. The fraction of sp³-hybridized carbons (Fsp3) is 0. The van der Waals surface area contributed by atoms with Crippen molar-refractivity contribution in [2.75, 3.05) is 5.32 Å². The van der Waals surface area contributed by atoms with Gasteiger partial charge in [0.05, 0.1) is 5.52 Å². The molecule has 0 saturated carbocycles. The molecular formula is C16H12BrN3S. The first-order valence-electron chi connectivity index (χ1n) is 6.34. The average molecular weight is 358 g/mol. The number of nitrogens with two attached hydrogens (primary N) is 1. The molecule has 2 aromatic carbocycles. The number of halogens is 1. The summed E-state index contributed by atoms with van der Waals surface area (Å²) in [6.45, 7) is 0. The molecule has 0 radical (unpaired) electrons. The molecule has 0 aliphatic carbocycles. The van der Waals surface area contributed by atoms with Gasteiger partial charge in [-0.1, -0.05) is 34.2 Å². The van der Waals surface area contributed by atoms with Crippen LogP contribution < -0.4 is 11.1 Å². The topological polar surface area (TPSA) is 50.9 Å². The normalized spacial score (nSPS) is 10.5. The molecule has 3 aromatic rings. The molecule has 0 saturated heterocycles. The van der Waals surface area contributed by atoms with E-state index in [4.69, 9.17) is 18.0 Å². The number of anilines is 2. The summed E-state index contributed by atoms with van der Waals surface area (Å²) in [4.78, 5) is 4.67. The first-order valence-corrected chi connectivity index (χ1v) is 7.55. The summed E-state index contributed by atoms with van der Waals surface area (Å²) in [5.74, 6) is 0. The summed E-state index contributed by atoms with van der Waals surface area (Å²) < 4.78 is 0.943. The molecule has 1 heterocycles. The third-order valence-corrected chi connectivity index (χ3v) is 3.84. The zero-order chi connectivity index (χ0) is 14.8. The van der Waals surface area contributed by atoms with Crippen molar-refractivity contribution in [3.63, 3.8) is 0 Å². The van der Waals surface area contributed by atoms with Crippen LogP contribution in [0.5, 0.6) is 0 Å². The van der Waals surface area contributed by atoms with E-state index in [0.29, 0.717) is 4.99 Å². The lowest BCUT2D eigenvalue weighted by Crippen LogP contribution is -2.12. The summed E-state index contributed by atoms with van der Waals surface area (Å²) in [7, 11) is 0. The van der Waals surface area contributed by atoms with E-state index in [9.17, 15) is 0 Å². The molecule has 0 aliphatic heterocycles. The van der Waals surface area contributed by atoms with Gasteiger partial charge in [0.25, 0.3) is 0 Å². The minimum Gasteiger partial charge on any atom is -0.389 e.